The lowest BCUT2D eigenvalue weighted by molar-refractivity contribution is 0.104. The van der Waals surface area contributed by atoms with Crippen LogP contribution in [0.1, 0.15) is 44.3 Å². The lowest BCUT2D eigenvalue weighted by Gasteiger charge is -2.40. The van der Waals surface area contributed by atoms with Crippen LogP contribution >= 0.6 is 11.3 Å². The van der Waals surface area contributed by atoms with Gasteiger partial charge in [-0.1, -0.05) is 20.8 Å². The number of aryl methyl sites for hydroxylation is 1. The zero-order chi connectivity index (χ0) is 13.8. The van der Waals surface area contributed by atoms with Gasteiger partial charge >= 0.3 is 0 Å². The molecule has 0 aromatic carbocycles. The molecule has 108 valence electrons. The summed E-state index contributed by atoms with van der Waals surface area (Å²) in [7, 11) is 0. The van der Waals surface area contributed by atoms with E-state index in [9.17, 15) is 0 Å². The SMILES string of the molecule is CCC1CN(Cc2csc(C)n2)C(CC(C)C)CN1. The Kier molecular flexibility index (Phi) is 5.37. The average molecular weight is 281 g/mol. The standard InChI is InChI=1S/C15H27N3S/c1-5-13-8-18(9-14-10-19-12(4)17-14)15(7-16-13)6-11(2)3/h10-11,13,15-16H,5-9H2,1-4H3. The molecule has 0 spiro atoms. The minimum atomic E-state index is 0.642. The van der Waals surface area contributed by atoms with Crippen molar-refractivity contribution in [3.05, 3.63) is 16.1 Å². The van der Waals surface area contributed by atoms with Crippen LogP contribution < -0.4 is 5.32 Å². The molecule has 0 bridgehead atoms. The maximum atomic E-state index is 4.63. The molecule has 0 saturated carbocycles. The molecule has 19 heavy (non-hydrogen) atoms. The number of nitrogens with zero attached hydrogens (tertiary/aromatic N) is 2. The summed E-state index contributed by atoms with van der Waals surface area (Å²) in [6, 6.07) is 1.30. The molecule has 1 aromatic rings. The van der Waals surface area contributed by atoms with Gasteiger partial charge in [0, 0.05) is 37.1 Å². The van der Waals surface area contributed by atoms with Crippen LogP contribution in [0, 0.1) is 12.8 Å². The maximum Gasteiger partial charge on any atom is 0.0897 e. The van der Waals surface area contributed by atoms with Gasteiger partial charge in [-0.05, 0) is 25.7 Å². The summed E-state index contributed by atoms with van der Waals surface area (Å²) in [6.45, 7) is 12.3. The van der Waals surface area contributed by atoms with Crippen LogP contribution in [-0.2, 0) is 6.54 Å². The van der Waals surface area contributed by atoms with Crippen LogP contribution in [-0.4, -0.2) is 35.1 Å². The molecule has 3 nitrogen and oxygen atoms in total. The average Bonchev–Trinajstić information content (AvgIpc) is 2.76. The van der Waals surface area contributed by atoms with Crippen LogP contribution in [0.3, 0.4) is 0 Å². The number of hydrogen-bond donors (Lipinski definition) is 1. The molecule has 4 heteroatoms. The predicted octanol–water partition coefficient (Wildman–Crippen LogP) is 3.05. The van der Waals surface area contributed by atoms with Gasteiger partial charge in [-0.15, -0.1) is 11.3 Å². The van der Waals surface area contributed by atoms with Crippen LogP contribution in [0.15, 0.2) is 5.38 Å². The normalized spacial score (nSPS) is 25.1. The third-order valence-electron chi connectivity index (χ3n) is 3.88. The lowest BCUT2D eigenvalue weighted by Crippen LogP contribution is -2.56. The largest absolute Gasteiger partial charge is 0.311 e. The van der Waals surface area contributed by atoms with E-state index in [4.69, 9.17) is 0 Å². The van der Waals surface area contributed by atoms with Gasteiger partial charge < -0.3 is 5.32 Å². The fraction of sp³-hybridized carbons (Fsp3) is 0.800. The minimum Gasteiger partial charge on any atom is -0.311 e. The number of piperazine rings is 1. The Labute approximate surface area is 121 Å². The third kappa shape index (κ3) is 4.26. The van der Waals surface area contributed by atoms with Gasteiger partial charge in [-0.25, -0.2) is 4.98 Å². The molecule has 2 unspecified atom stereocenters. The first-order valence-electron chi connectivity index (χ1n) is 7.47. The first kappa shape index (κ1) is 14.9. The van der Waals surface area contributed by atoms with Crippen molar-refractivity contribution < 1.29 is 0 Å². The molecular formula is C15H27N3S. The van der Waals surface area contributed by atoms with Crippen molar-refractivity contribution in [2.75, 3.05) is 13.1 Å². The topological polar surface area (TPSA) is 28.2 Å². The van der Waals surface area contributed by atoms with E-state index in [1.165, 1.54) is 23.5 Å². The summed E-state index contributed by atoms with van der Waals surface area (Å²) in [6.07, 6.45) is 2.48. The fourth-order valence-corrected chi connectivity index (χ4v) is 3.46. The number of nitrogens with one attached hydrogen (secondary N) is 1. The van der Waals surface area contributed by atoms with Gasteiger partial charge in [-0.2, -0.15) is 0 Å². The Morgan fingerprint density at radius 3 is 2.89 bits per heavy atom. The summed E-state index contributed by atoms with van der Waals surface area (Å²) in [5.41, 5.74) is 1.24. The summed E-state index contributed by atoms with van der Waals surface area (Å²) >= 11 is 1.76. The second-order valence-electron chi connectivity index (χ2n) is 6.08. The first-order chi connectivity index (χ1) is 9.08. The van der Waals surface area contributed by atoms with Gasteiger partial charge in [0.15, 0.2) is 0 Å². The Bertz CT molecular complexity index is 388. The molecule has 1 aliphatic rings. The fourth-order valence-electron chi connectivity index (χ4n) is 2.86. The molecule has 1 N–H and O–H groups in total. The van der Waals surface area contributed by atoms with Crippen LogP contribution in [0.25, 0.3) is 0 Å². The van der Waals surface area contributed by atoms with E-state index in [0.717, 1.165) is 25.6 Å². The van der Waals surface area contributed by atoms with E-state index >= 15 is 0 Å². The van der Waals surface area contributed by atoms with E-state index in [0.29, 0.717) is 12.1 Å². The first-order valence-corrected chi connectivity index (χ1v) is 8.34. The van der Waals surface area contributed by atoms with E-state index in [1.807, 2.05) is 0 Å². The molecule has 2 atom stereocenters. The minimum absolute atomic E-state index is 0.642. The van der Waals surface area contributed by atoms with Crippen molar-refractivity contribution in [3.63, 3.8) is 0 Å². The third-order valence-corrected chi connectivity index (χ3v) is 4.70. The number of rotatable bonds is 5. The predicted molar refractivity (Wildman–Crippen MR) is 82.6 cm³/mol. The highest BCUT2D eigenvalue weighted by molar-refractivity contribution is 7.09. The van der Waals surface area contributed by atoms with Gasteiger partial charge in [0.1, 0.15) is 0 Å². The molecule has 2 rings (SSSR count). The second kappa shape index (κ2) is 6.82. The Balaban J connectivity index is 2.01. The molecule has 0 amide bonds. The van der Waals surface area contributed by atoms with Crippen LogP contribution in [0.4, 0.5) is 0 Å². The number of aromatic nitrogens is 1. The molecular weight excluding hydrogens is 254 g/mol. The Morgan fingerprint density at radius 1 is 1.53 bits per heavy atom. The van der Waals surface area contributed by atoms with Gasteiger partial charge in [0.2, 0.25) is 0 Å². The van der Waals surface area contributed by atoms with Crippen molar-refractivity contribution in [3.8, 4) is 0 Å². The molecule has 0 aliphatic carbocycles. The zero-order valence-electron chi connectivity index (χ0n) is 12.6. The smallest absolute Gasteiger partial charge is 0.0897 e. The summed E-state index contributed by atoms with van der Waals surface area (Å²) < 4.78 is 0. The Morgan fingerprint density at radius 2 is 2.32 bits per heavy atom. The van der Waals surface area contributed by atoms with Gasteiger partial charge in [0.25, 0.3) is 0 Å². The highest BCUT2D eigenvalue weighted by Gasteiger charge is 2.27. The molecule has 0 radical (unpaired) electrons. The molecule has 1 aliphatic heterocycles. The summed E-state index contributed by atoms with van der Waals surface area (Å²) in [5, 5.41) is 7.08. The molecule has 1 saturated heterocycles. The molecule has 1 aromatic heterocycles. The monoisotopic (exact) mass is 281 g/mol. The zero-order valence-corrected chi connectivity index (χ0v) is 13.5. The van der Waals surface area contributed by atoms with Crippen molar-refractivity contribution >= 4 is 11.3 Å². The van der Waals surface area contributed by atoms with E-state index < -0.39 is 0 Å². The van der Waals surface area contributed by atoms with Crippen molar-refractivity contribution in [2.24, 2.45) is 5.92 Å². The summed E-state index contributed by atoms with van der Waals surface area (Å²) in [5.74, 6) is 0.754. The van der Waals surface area contributed by atoms with E-state index in [2.05, 4.69) is 48.3 Å². The van der Waals surface area contributed by atoms with Gasteiger partial charge in [-0.3, -0.25) is 4.90 Å². The van der Waals surface area contributed by atoms with E-state index in [1.54, 1.807) is 11.3 Å². The quantitative estimate of drug-likeness (QED) is 0.899. The second-order valence-corrected chi connectivity index (χ2v) is 7.15. The van der Waals surface area contributed by atoms with Gasteiger partial charge in [0.05, 0.1) is 10.7 Å². The van der Waals surface area contributed by atoms with Crippen LogP contribution in [0.5, 0.6) is 0 Å². The maximum absolute atomic E-state index is 4.63. The van der Waals surface area contributed by atoms with Crippen molar-refractivity contribution in [2.45, 2.75) is 59.2 Å². The molecule has 2 heterocycles. The summed E-state index contributed by atoms with van der Waals surface area (Å²) in [4.78, 5) is 7.26. The lowest BCUT2D eigenvalue weighted by atomic mass is 9.98. The highest BCUT2D eigenvalue weighted by Crippen LogP contribution is 2.20. The van der Waals surface area contributed by atoms with E-state index in [-0.39, 0.29) is 0 Å². The number of hydrogen-bond acceptors (Lipinski definition) is 4. The molecule has 1 fully saturated rings. The highest BCUT2D eigenvalue weighted by atomic mass is 32.1. The van der Waals surface area contributed by atoms with Crippen molar-refractivity contribution in [1.82, 2.24) is 15.2 Å². The Hall–Kier alpha value is -0.450. The number of thiazole rings is 1. The van der Waals surface area contributed by atoms with Crippen molar-refractivity contribution in [1.29, 1.82) is 0 Å². The van der Waals surface area contributed by atoms with Crippen LogP contribution in [0.2, 0.25) is 0 Å².